The third-order valence-electron chi connectivity index (χ3n) is 8.05. The van der Waals surface area contributed by atoms with Gasteiger partial charge in [0.15, 0.2) is 6.29 Å². The molecule has 1 aromatic carbocycles. The summed E-state index contributed by atoms with van der Waals surface area (Å²) in [5.74, 6) is -2.54. The maximum atomic E-state index is 12.9. The lowest BCUT2D eigenvalue weighted by Crippen LogP contribution is -2.38. The Kier molecular flexibility index (Phi) is 23.9. The van der Waals surface area contributed by atoms with Crippen molar-refractivity contribution in [2.45, 2.75) is 108 Å². The number of carbonyl (C=O) groups excluding carboxylic acids is 2. The average molecular weight is 796 g/mol. The van der Waals surface area contributed by atoms with Crippen molar-refractivity contribution in [3.05, 3.63) is 42.2 Å². The van der Waals surface area contributed by atoms with Gasteiger partial charge in [0.25, 0.3) is 15.9 Å². The molecular weight excluding hydrogens is 738 g/mol. The zero-order valence-electron chi connectivity index (χ0n) is 31.7. The summed E-state index contributed by atoms with van der Waals surface area (Å²) in [4.78, 5) is 53.4. The first-order chi connectivity index (χ1) is 26.5. The molecule has 1 atom stereocenters. The van der Waals surface area contributed by atoms with Crippen molar-refractivity contribution in [1.82, 2.24) is 20.6 Å². The zero-order chi connectivity index (χ0) is 40.2. The summed E-state index contributed by atoms with van der Waals surface area (Å²) < 4.78 is 49.3. The highest BCUT2D eigenvalue weighted by molar-refractivity contribution is 7.92. The van der Waals surface area contributed by atoms with Crippen LogP contribution in [-0.4, -0.2) is 105 Å². The van der Waals surface area contributed by atoms with E-state index in [4.69, 9.17) is 29.2 Å². The van der Waals surface area contributed by atoms with E-state index in [9.17, 15) is 27.6 Å². The number of benzene rings is 1. The number of ether oxygens (including phenoxy) is 4. The molecule has 0 aliphatic heterocycles. The van der Waals surface area contributed by atoms with Crippen molar-refractivity contribution in [2.75, 3.05) is 50.8 Å². The van der Waals surface area contributed by atoms with Gasteiger partial charge in [-0.15, -0.1) is 0 Å². The maximum Gasteiger partial charge on any atom is 0.329 e. The SMILES string of the molecule is CCOC(CNC(=O)COCCNC(=O)c1cnc(NS(=O)(=O)c2ccc(OCCCCCCCCCCCCCCCC(=O)O)cc2)nc1)OCC(=O)O. The molecule has 1 heterocycles. The van der Waals surface area contributed by atoms with E-state index >= 15 is 0 Å². The Bertz CT molecular complexity index is 1510. The number of amides is 2. The van der Waals surface area contributed by atoms with Gasteiger partial charge in [-0.25, -0.2) is 27.9 Å². The second-order valence-electron chi connectivity index (χ2n) is 12.7. The van der Waals surface area contributed by atoms with E-state index in [-0.39, 0.29) is 55.7 Å². The number of hydrogen-bond donors (Lipinski definition) is 5. The van der Waals surface area contributed by atoms with Gasteiger partial charge in [0.2, 0.25) is 11.9 Å². The van der Waals surface area contributed by atoms with Crippen molar-refractivity contribution < 1.29 is 56.8 Å². The maximum absolute atomic E-state index is 12.9. The molecule has 0 saturated heterocycles. The van der Waals surface area contributed by atoms with E-state index < -0.39 is 46.7 Å². The van der Waals surface area contributed by atoms with E-state index in [0.717, 1.165) is 38.5 Å². The van der Waals surface area contributed by atoms with Crippen LogP contribution in [0.3, 0.4) is 0 Å². The second kappa shape index (κ2) is 28.1. The monoisotopic (exact) mass is 795 g/mol. The number of unbranched alkanes of at least 4 members (excludes halogenated alkanes) is 12. The zero-order valence-corrected chi connectivity index (χ0v) is 32.5. The summed E-state index contributed by atoms with van der Waals surface area (Å²) in [5.41, 5.74) is 0.0801. The van der Waals surface area contributed by atoms with E-state index in [1.807, 2.05) is 0 Å². The Morgan fingerprint density at radius 2 is 1.31 bits per heavy atom. The molecule has 2 aromatic rings. The summed E-state index contributed by atoms with van der Waals surface area (Å²) in [7, 11) is -4.00. The summed E-state index contributed by atoms with van der Waals surface area (Å²) in [6, 6.07) is 6.04. The van der Waals surface area contributed by atoms with Gasteiger partial charge in [-0.05, 0) is 44.0 Å². The topological polar surface area (TPSA) is 242 Å². The van der Waals surface area contributed by atoms with Crippen LogP contribution in [-0.2, 0) is 38.6 Å². The van der Waals surface area contributed by atoms with Crippen LogP contribution in [0.5, 0.6) is 5.75 Å². The molecule has 2 rings (SSSR count). The van der Waals surface area contributed by atoms with Gasteiger partial charge >= 0.3 is 11.9 Å². The molecule has 0 radical (unpaired) electrons. The predicted molar refractivity (Wildman–Crippen MR) is 202 cm³/mol. The number of aromatic nitrogens is 2. The second-order valence-corrected chi connectivity index (χ2v) is 14.3. The van der Waals surface area contributed by atoms with Crippen LogP contribution in [0.4, 0.5) is 5.95 Å². The molecule has 0 aliphatic carbocycles. The lowest BCUT2D eigenvalue weighted by molar-refractivity contribution is -0.166. The summed E-state index contributed by atoms with van der Waals surface area (Å²) in [6.45, 7) is 1.62. The molecule has 0 spiro atoms. The first-order valence-corrected chi connectivity index (χ1v) is 20.4. The predicted octanol–water partition coefficient (Wildman–Crippen LogP) is 4.53. The standard InChI is InChI=1S/C37H57N5O12S/c1-2-52-35(54-28-34(46)47)26-39-32(43)27-51-23-21-38-36(48)29-24-40-37(41-25-29)42-55(49,50)31-19-17-30(18-20-31)53-22-15-13-11-9-7-5-3-4-6-8-10-12-14-16-33(44)45/h17-20,24-25,35H,2-16,21-23,26-28H2,1H3,(H,38,48)(H,39,43)(H,44,45)(H,46,47)(H,40,41,42). The molecular formula is C37H57N5O12S. The Morgan fingerprint density at radius 1 is 0.727 bits per heavy atom. The minimum Gasteiger partial charge on any atom is -0.494 e. The van der Waals surface area contributed by atoms with Crippen LogP contribution >= 0.6 is 0 Å². The molecule has 2 amide bonds. The molecule has 0 bridgehead atoms. The van der Waals surface area contributed by atoms with E-state index in [2.05, 4.69) is 25.3 Å². The van der Waals surface area contributed by atoms with Gasteiger partial charge in [-0.1, -0.05) is 70.6 Å². The minimum absolute atomic E-state index is 0.00433. The number of anilines is 1. The normalized spacial score (nSPS) is 11.8. The van der Waals surface area contributed by atoms with Crippen LogP contribution < -0.4 is 20.1 Å². The van der Waals surface area contributed by atoms with Crippen molar-refractivity contribution >= 4 is 39.7 Å². The third-order valence-corrected chi connectivity index (χ3v) is 9.40. The quantitative estimate of drug-likeness (QED) is 0.0493. The summed E-state index contributed by atoms with van der Waals surface area (Å²) in [5, 5.41) is 22.4. The Morgan fingerprint density at radius 3 is 1.87 bits per heavy atom. The number of rotatable bonds is 33. The van der Waals surface area contributed by atoms with Crippen molar-refractivity contribution in [3.8, 4) is 5.75 Å². The third kappa shape index (κ3) is 22.6. The number of nitrogens with one attached hydrogen (secondary N) is 3. The van der Waals surface area contributed by atoms with Crippen LogP contribution in [0.15, 0.2) is 41.6 Å². The lowest BCUT2D eigenvalue weighted by Gasteiger charge is -2.17. The lowest BCUT2D eigenvalue weighted by atomic mass is 10.0. The summed E-state index contributed by atoms with van der Waals surface area (Å²) >= 11 is 0. The molecule has 308 valence electrons. The number of nitrogens with zero attached hydrogens (tertiary/aromatic N) is 2. The molecule has 17 nitrogen and oxygen atoms in total. The van der Waals surface area contributed by atoms with Gasteiger partial charge in [0.1, 0.15) is 19.0 Å². The molecule has 0 aliphatic rings. The molecule has 55 heavy (non-hydrogen) atoms. The van der Waals surface area contributed by atoms with Gasteiger partial charge in [0.05, 0.1) is 30.2 Å². The highest BCUT2D eigenvalue weighted by Crippen LogP contribution is 2.19. The molecule has 5 N–H and O–H groups in total. The van der Waals surface area contributed by atoms with E-state index in [1.54, 1.807) is 19.1 Å². The van der Waals surface area contributed by atoms with Crippen LogP contribution in [0.1, 0.15) is 107 Å². The van der Waals surface area contributed by atoms with E-state index in [1.165, 1.54) is 69.5 Å². The summed E-state index contributed by atoms with van der Waals surface area (Å²) in [6.07, 6.45) is 16.3. The minimum atomic E-state index is -4.00. The highest BCUT2D eigenvalue weighted by Gasteiger charge is 2.17. The molecule has 1 unspecified atom stereocenters. The van der Waals surface area contributed by atoms with Gasteiger partial charge in [-0.2, -0.15) is 0 Å². The fourth-order valence-corrected chi connectivity index (χ4v) is 6.13. The largest absolute Gasteiger partial charge is 0.494 e. The molecule has 0 fully saturated rings. The molecule has 18 heteroatoms. The number of hydrogen-bond acceptors (Lipinski definition) is 12. The van der Waals surface area contributed by atoms with Crippen LogP contribution in [0, 0.1) is 0 Å². The Labute approximate surface area is 323 Å². The number of carbonyl (C=O) groups is 4. The van der Waals surface area contributed by atoms with Crippen molar-refractivity contribution in [1.29, 1.82) is 0 Å². The van der Waals surface area contributed by atoms with Crippen LogP contribution in [0.25, 0.3) is 0 Å². The Balaban J connectivity index is 1.57. The molecule has 0 saturated carbocycles. The average Bonchev–Trinajstić information content (AvgIpc) is 3.15. The number of aliphatic carboxylic acids is 2. The number of carboxylic acid groups (broad SMARTS) is 2. The van der Waals surface area contributed by atoms with Crippen molar-refractivity contribution in [2.24, 2.45) is 0 Å². The van der Waals surface area contributed by atoms with Gasteiger partial charge in [0, 0.05) is 32.0 Å². The highest BCUT2D eigenvalue weighted by atomic mass is 32.2. The molecule has 1 aromatic heterocycles. The fourth-order valence-electron chi connectivity index (χ4n) is 5.17. The fraction of sp³-hybridized carbons (Fsp3) is 0.622. The number of sulfonamides is 1. The first-order valence-electron chi connectivity index (χ1n) is 18.9. The number of carboxylic acids is 2. The van der Waals surface area contributed by atoms with Crippen molar-refractivity contribution in [3.63, 3.8) is 0 Å². The Hall–Kier alpha value is -4.39. The van der Waals surface area contributed by atoms with E-state index in [0.29, 0.717) is 12.4 Å². The first kappa shape index (κ1) is 46.8. The van der Waals surface area contributed by atoms with Crippen LogP contribution in [0.2, 0.25) is 0 Å². The van der Waals surface area contributed by atoms with Gasteiger partial charge < -0.3 is 39.8 Å². The smallest absolute Gasteiger partial charge is 0.329 e. The van der Waals surface area contributed by atoms with Gasteiger partial charge in [-0.3, -0.25) is 14.4 Å².